The highest BCUT2D eigenvalue weighted by Crippen LogP contribution is 2.25. The zero-order valence-electron chi connectivity index (χ0n) is 12.2. The molecule has 3 nitrogen and oxygen atoms in total. The zero-order valence-corrected chi connectivity index (χ0v) is 12.2. The quantitative estimate of drug-likeness (QED) is 0.857. The Bertz CT molecular complexity index is 455. The van der Waals surface area contributed by atoms with Crippen molar-refractivity contribution in [2.24, 2.45) is 11.7 Å². The number of carbonyl (C=O) groups is 1. The minimum Gasteiger partial charge on any atom is -0.335 e. The lowest BCUT2D eigenvalue weighted by Gasteiger charge is -2.38. The molecule has 1 aliphatic rings. The van der Waals surface area contributed by atoms with Crippen molar-refractivity contribution in [3.63, 3.8) is 0 Å². The van der Waals surface area contributed by atoms with Crippen LogP contribution < -0.4 is 5.73 Å². The summed E-state index contributed by atoms with van der Waals surface area (Å²) in [6, 6.07) is 10.1. The second-order valence-corrected chi connectivity index (χ2v) is 5.46. The van der Waals surface area contributed by atoms with Crippen LogP contribution in [0, 0.1) is 5.92 Å². The highest BCUT2D eigenvalue weighted by Gasteiger charge is 2.28. The minimum absolute atomic E-state index is 0.0823. The van der Waals surface area contributed by atoms with E-state index in [-0.39, 0.29) is 11.9 Å². The number of amides is 1. The lowest BCUT2D eigenvalue weighted by molar-refractivity contribution is -0.130. The van der Waals surface area contributed by atoms with E-state index in [0.717, 1.165) is 24.9 Å². The van der Waals surface area contributed by atoms with Crippen LogP contribution in [0.3, 0.4) is 0 Å². The molecule has 2 unspecified atom stereocenters. The highest BCUT2D eigenvalue weighted by atomic mass is 16.2. The van der Waals surface area contributed by atoms with E-state index >= 15 is 0 Å². The van der Waals surface area contributed by atoms with Crippen LogP contribution >= 0.6 is 0 Å². The van der Waals surface area contributed by atoms with E-state index in [0.29, 0.717) is 12.5 Å². The van der Waals surface area contributed by atoms with Crippen LogP contribution in [0.4, 0.5) is 0 Å². The van der Waals surface area contributed by atoms with E-state index in [4.69, 9.17) is 5.73 Å². The molecule has 0 aromatic heterocycles. The fraction of sp³-hybridized carbons (Fsp3) is 0.471. The van der Waals surface area contributed by atoms with Crippen molar-refractivity contribution in [2.45, 2.75) is 32.2 Å². The Morgan fingerprint density at radius 2 is 2.15 bits per heavy atom. The van der Waals surface area contributed by atoms with Gasteiger partial charge in [0.1, 0.15) is 0 Å². The molecular weight excluding hydrogens is 248 g/mol. The maximum atomic E-state index is 12.3. The molecule has 1 saturated heterocycles. The Morgan fingerprint density at radius 1 is 1.40 bits per heavy atom. The largest absolute Gasteiger partial charge is 0.335 e. The number of benzene rings is 1. The van der Waals surface area contributed by atoms with Crippen LogP contribution in [0.1, 0.15) is 31.7 Å². The predicted molar refractivity (Wildman–Crippen MR) is 83.0 cm³/mol. The first-order chi connectivity index (χ1) is 9.74. The Hall–Kier alpha value is -1.61. The van der Waals surface area contributed by atoms with Gasteiger partial charge in [0.2, 0.25) is 5.91 Å². The molecule has 0 saturated carbocycles. The predicted octanol–water partition coefficient (Wildman–Crippen LogP) is 2.68. The minimum atomic E-state index is 0.0823. The first kappa shape index (κ1) is 14.8. The third-order valence-corrected chi connectivity index (χ3v) is 4.17. The normalized spacial score (nSPS) is 23.2. The van der Waals surface area contributed by atoms with Gasteiger partial charge < -0.3 is 10.6 Å². The second-order valence-electron chi connectivity index (χ2n) is 5.46. The lowest BCUT2D eigenvalue weighted by Crippen LogP contribution is -2.49. The van der Waals surface area contributed by atoms with Gasteiger partial charge >= 0.3 is 0 Å². The van der Waals surface area contributed by atoms with Crippen molar-refractivity contribution in [1.29, 1.82) is 0 Å². The molecule has 0 bridgehead atoms. The molecule has 1 aromatic carbocycles. The molecule has 1 heterocycles. The topological polar surface area (TPSA) is 46.3 Å². The summed E-state index contributed by atoms with van der Waals surface area (Å²) in [5.41, 5.74) is 6.89. The number of hydrogen-bond donors (Lipinski definition) is 1. The molecule has 0 radical (unpaired) electrons. The van der Waals surface area contributed by atoms with Gasteiger partial charge in [0.25, 0.3) is 0 Å². The molecular formula is C17H24N2O. The number of piperidine rings is 1. The summed E-state index contributed by atoms with van der Waals surface area (Å²) in [4.78, 5) is 14.3. The first-order valence-electron chi connectivity index (χ1n) is 7.48. The van der Waals surface area contributed by atoms with Crippen molar-refractivity contribution in [3.8, 4) is 0 Å². The van der Waals surface area contributed by atoms with E-state index in [9.17, 15) is 4.79 Å². The van der Waals surface area contributed by atoms with Crippen molar-refractivity contribution in [3.05, 3.63) is 42.0 Å². The van der Waals surface area contributed by atoms with Crippen molar-refractivity contribution in [2.75, 3.05) is 13.1 Å². The van der Waals surface area contributed by atoms with E-state index in [1.54, 1.807) is 6.08 Å². The zero-order chi connectivity index (χ0) is 14.4. The third kappa shape index (κ3) is 3.70. The highest BCUT2D eigenvalue weighted by molar-refractivity contribution is 5.92. The number of hydrogen-bond acceptors (Lipinski definition) is 2. The fourth-order valence-electron chi connectivity index (χ4n) is 2.85. The van der Waals surface area contributed by atoms with Gasteiger partial charge in [-0.3, -0.25) is 4.79 Å². The molecule has 1 aliphatic heterocycles. The van der Waals surface area contributed by atoms with Gasteiger partial charge in [-0.25, -0.2) is 0 Å². The molecule has 2 N–H and O–H groups in total. The monoisotopic (exact) mass is 272 g/mol. The third-order valence-electron chi connectivity index (χ3n) is 4.17. The Morgan fingerprint density at radius 3 is 2.80 bits per heavy atom. The lowest BCUT2D eigenvalue weighted by atomic mass is 9.89. The van der Waals surface area contributed by atoms with Crippen LogP contribution in [0.25, 0.3) is 6.08 Å². The van der Waals surface area contributed by atoms with Crippen molar-refractivity contribution < 1.29 is 4.79 Å². The Balaban J connectivity index is 1.99. The molecule has 108 valence electrons. The van der Waals surface area contributed by atoms with Crippen LogP contribution in [0.2, 0.25) is 0 Å². The molecule has 3 heteroatoms. The summed E-state index contributed by atoms with van der Waals surface area (Å²) in [7, 11) is 0. The summed E-state index contributed by atoms with van der Waals surface area (Å²) >= 11 is 0. The molecule has 1 fully saturated rings. The van der Waals surface area contributed by atoms with Gasteiger partial charge in [0.05, 0.1) is 0 Å². The number of nitrogens with zero attached hydrogens (tertiary/aromatic N) is 1. The molecule has 1 amide bonds. The molecule has 2 atom stereocenters. The Labute approximate surface area is 121 Å². The first-order valence-corrected chi connectivity index (χ1v) is 7.48. The number of likely N-dealkylation sites (tertiary alicyclic amines) is 1. The maximum absolute atomic E-state index is 12.3. The number of nitrogens with two attached hydrogens (primary N) is 1. The van der Waals surface area contributed by atoms with Crippen molar-refractivity contribution in [1.82, 2.24) is 4.90 Å². The standard InChI is InChI=1S/C17H24N2O/c1-2-14-10-11-19(16(12-14)13-18)17(20)9-8-15-6-4-3-5-7-15/h3-9,14,16H,2,10-13,18H2,1H3/b9-8+. The van der Waals surface area contributed by atoms with Gasteiger partial charge in [0.15, 0.2) is 0 Å². The van der Waals surface area contributed by atoms with Crippen LogP contribution in [-0.2, 0) is 4.79 Å². The van der Waals surface area contributed by atoms with Crippen LogP contribution in [-0.4, -0.2) is 29.9 Å². The van der Waals surface area contributed by atoms with E-state index < -0.39 is 0 Å². The van der Waals surface area contributed by atoms with E-state index in [1.165, 1.54) is 6.42 Å². The summed E-state index contributed by atoms with van der Waals surface area (Å²) in [6.07, 6.45) is 6.86. The van der Waals surface area contributed by atoms with Gasteiger partial charge in [-0.1, -0.05) is 43.7 Å². The molecule has 2 rings (SSSR count). The summed E-state index contributed by atoms with van der Waals surface area (Å²) in [6.45, 7) is 3.60. The average molecular weight is 272 g/mol. The smallest absolute Gasteiger partial charge is 0.246 e. The molecule has 0 spiro atoms. The molecule has 1 aromatic rings. The molecule has 20 heavy (non-hydrogen) atoms. The average Bonchev–Trinajstić information content (AvgIpc) is 2.52. The van der Waals surface area contributed by atoms with Crippen LogP contribution in [0.15, 0.2) is 36.4 Å². The van der Waals surface area contributed by atoms with Crippen LogP contribution in [0.5, 0.6) is 0 Å². The SMILES string of the molecule is CCC1CCN(C(=O)/C=C/c2ccccc2)C(CN)C1. The van der Waals surface area contributed by atoms with Gasteiger partial charge in [-0.15, -0.1) is 0 Å². The van der Waals surface area contributed by atoms with E-state index in [2.05, 4.69) is 6.92 Å². The summed E-state index contributed by atoms with van der Waals surface area (Å²) in [5, 5.41) is 0. The molecule has 0 aliphatic carbocycles. The second kappa shape index (κ2) is 7.25. The van der Waals surface area contributed by atoms with Gasteiger partial charge in [-0.05, 0) is 30.4 Å². The maximum Gasteiger partial charge on any atom is 0.246 e. The van der Waals surface area contributed by atoms with Gasteiger partial charge in [0, 0.05) is 25.2 Å². The van der Waals surface area contributed by atoms with E-state index in [1.807, 2.05) is 41.3 Å². The Kier molecular flexibility index (Phi) is 5.36. The summed E-state index contributed by atoms with van der Waals surface area (Å²) in [5.74, 6) is 0.796. The number of carbonyl (C=O) groups excluding carboxylic acids is 1. The fourth-order valence-corrected chi connectivity index (χ4v) is 2.85. The number of rotatable bonds is 4. The van der Waals surface area contributed by atoms with Gasteiger partial charge in [-0.2, -0.15) is 0 Å². The summed E-state index contributed by atoms with van der Waals surface area (Å²) < 4.78 is 0. The van der Waals surface area contributed by atoms with Crippen molar-refractivity contribution >= 4 is 12.0 Å².